The van der Waals surface area contributed by atoms with Crippen LogP contribution in [0.1, 0.15) is 12.8 Å². The maximum absolute atomic E-state index is 10.6. The number of carboxylic acid groups (broad SMARTS) is 1. The summed E-state index contributed by atoms with van der Waals surface area (Å²) in [6.45, 7) is 6.00. The van der Waals surface area contributed by atoms with Crippen LogP contribution in [0.4, 0.5) is 11.4 Å². The summed E-state index contributed by atoms with van der Waals surface area (Å²) in [4.78, 5) is 13.0. The van der Waals surface area contributed by atoms with Gasteiger partial charge in [-0.25, -0.2) is 4.79 Å². The fraction of sp³-hybridized carbons (Fsp3) is 0.357. The number of hydrogen-bond acceptors (Lipinski definition) is 3. The maximum Gasteiger partial charge on any atom is 0.332 e. The number of carbonyl (C=O) groups is 1. The fourth-order valence-electron chi connectivity index (χ4n) is 2.05. The molecule has 0 unspecified atom stereocenters. The lowest BCUT2D eigenvalue weighted by atomic mass is 10.2. The first-order valence-electron chi connectivity index (χ1n) is 6.17. The summed E-state index contributed by atoms with van der Waals surface area (Å²) < 4.78 is 0. The standard InChI is InChI=1S/C14H18N2O2/c1-11(14(17)18)10-15-12-4-6-13(7-5-12)16-8-2-3-9-16/h4-7,15H,1-3,8-10H2,(H,17,18). The summed E-state index contributed by atoms with van der Waals surface area (Å²) in [6.07, 6.45) is 2.52. The molecule has 0 aliphatic carbocycles. The Hall–Kier alpha value is -1.97. The van der Waals surface area contributed by atoms with Gasteiger partial charge < -0.3 is 15.3 Å². The number of anilines is 2. The molecule has 1 aliphatic heterocycles. The van der Waals surface area contributed by atoms with E-state index in [1.807, 2.05) is 12.1 Å². The van der Waals surface area contributed by atoms with Gasteiger partial charge in [-0.1, -0.05) is 6.58 Å². The predicted molar refractivity (Wildman–Crippen MR) is 73.2 cm³/mol. The Morgan fingerprint density at radius 1 is 1.28 bits per heavy atom. The lowest BCUT2D eigenvalue weighted by Gasteiger charge is -2.18. The van der Waals surface area contributed by atoms with E-state index in [4.69, 9.17) is 5.11 Å². The first kappa shape index (κ1) is 12.5. The van der Waals surface area contributed by atoms with Crippen molar-refractivity contribution in [1.82, 2.24) is 0 Å². The molecule has 0 spiro atoms. The number of nitrogens with one attached hydrogen (secondary N) is 1. The van der Waals surface area contributed by atoms with E-state index in [1.54, 1.807) is 0 Å². The van der Waals surface area contributed by atoms with Crippen LogP contribution in [0.5, 0.6) is 0 Å². The minimum absolute atomic E-state index is 0.165. The molecule has 1 aliphatic rings. The Morgan fingerprint density at radius 3 is 2.44 bits per heavy atom. The van der Waals surface area contributed by atoms with Gasteiger partial charge in [-0.3, -0.25) is 0 Å². The number of nitrogens with zero attached hydrogens (tertiary/aromatic N) is 1. The molecule has 4 nitrogen and oxygen atoms in total. The van der Waals surface area contributed by atoms with Gasteiger partial charge in [0.15, 0.2) is 0 Å². The van der Waals surface area contributed by atoms with E-state index in [-0.39, 0.29) is 12.1 Å². The third-order valence-corrected chi connectivity index (χ3v) is 3.15. The van der Waals surface area contributed by atoms with Crippen molar-refractivity contribution < 1.29 is 9.90 Å². The number of rotatable bonds is 5. The summed E-state index contributed by atoms with van der Waals surface area (Å²) in [5.41, 5.74) is 2.31. The zero-order valence-electron chi connectivity index (χ0n) is 10.4. The van der Waals surface area contributed by atoms with E-state index < -0.39 is 5.97 Å². The molecule has 1 saturated heterocycles. The van der Waals surface area contributed by atoms with E-state index in [2.05, 4.69) is 28.9 Å². The largest absolute Gasteiger partial charge is 0.478 e. The van der Waals surface area contributed by atoms with Gasteiger partial charge in [0.1, 0.15) is 0 Å². The molecule has 0 saturated carbocycles. The molecule has 0 atom stereocenters. The molecular weight excluding hydrogens is 228 g/mol. The summed E-state index contributed by atoms with van der Waals surface area (Å²) >= 11 is 0. The molecule has 0 radical (unpaired) electrons. The van der Waals surface area contributed by atoms with Crippen LogP contribution in [0.15, 0.2) is 36.4 Å². The molecule has 1 aromatic rings. The van der Waals surface area contributed by atoms with Crippen molar-refractivity contribution in [3.8, 4) is 0 Å². The van der Waals surface area contributed by atoms with Gasteiger partial charge in [0, 0.05) is 36.6 Å². The smallest absolute Gasteiger partial charge is 0.332 e. The number of aliphatic carboxylic acids is 1. The van der Waals surface area contributed by atoms with Crippen molar-refractivity contribution >= 4 is 17.3 Å². The average Bonchev–Trinajstić information content (AvgIpc) is 2.90. The van der Waals surface area contributed by atoms with E-state index >= 15 is 0 Å². The molecule has 2 N–H and O–H groups in total. The summed E-state index contributed by atoms with van der Waals surface area (Å²) in [5.74, 6) is -0.962. The number of benzene rings is 1. The molecule has 2 rings (SSSR count). The van der Waals surface area contributed by atoms with E-state index in [0.717, 1.165) is 18.8 Å². The normalized spacial score (nSPS) is 14.6. The van der Waals surface area contributed by atoms with Crippen LogP contribution in [0.3, 0.4) is 0 Å². The number of carboxylic acids is 1. The van der Waals surface area contributed by atoms with Crippen LogP contribution < -0.4 is 10.2 Å². The van der Waals surface area contributed by atoms with Gasteiger partial charge in [0.05, 0.1) is 0 Å². The molecular formula is C14H18N2O2. The van der Waals surface area contributed by atoms with Gasteiger partial charge >= 0.3 is 5.97 Å². The van der Waals surface area contributed by atoms with Crippen molar-refractivity contribution in [1.29, 1.82) is 0 Å². The molecule has 96 valence electrons. The van der Waals surface area contributed by atoms with Gasteiger partial charge in [0.2, 0.25) is 0 Å². The third-order valence-electron chi connectivity index (χ3n) is 3.15. The molecule has 4 heteroatoms. The van der Waals surface area contributed by atoms with E-state index in [9.17, 15) is 4.79 Å². The van der Waals surface area contributed by atoms with E-state index in [0.29, 0.717) is 0 Å². The zero-order valence-corrected chi connectivity index (χ0v) is 10.4. The van der Waals surface area contributed by atoms with Crippen molar-refractivity contribution in [3.63, 3.8) is 0 Å². The highest BCUT2D eigenvalue weighted by atomic mass is 16.4. The van der Waals surface area contributed by atoms with Crippen LogP contribution in [0, 0.1) is 0 Å². The topological polar surface area (TPSA) is 52.6 Å². The summed E-state index contributed by atoms with van der Waals surface area (Å²) in [5, 5.41) is 11.7. The minimum Gasteiger partial charge on any atom is -0.478 e. The summed E-state index contributed by atoms with van der Waals surface area (Å²) in [7, 11) is 0. The molecule has 0 aromatic heterocycles. The second kappa shape index (κ2) is 5.58. The Kier molecular flexibility index (Phi) is 3.87. The highest BCUT2D eigenvalue weighted by Crippen LogP contribution is 2.21. The van der Waals surface area contributed by atoms with Gasteiger partial charge in [-0.05, 0) is 37.1 Å². The average molecular weight is 246 g/mol. The van der Waals surface area contributed by atoms with Gasteiger partial charge in [-0.15, -0.1) is 0 Å². The maximum atomic E-state index is 10.6. The second-order valence-corrected chi connectivity index (χ2v) is 4.50. The monoisotopic (exact) mass is 246 g/mol. The molecule has 18 heavy (non-hydrogen) atoms. The molecule has 1 fully saturated rings. The van der Waals surface area contributed by atoms with Crippen molar-refractivity contribution in [2.75, 3.05) is 29.9 Å². The Bertz CT molecular complexity index is 434. The Labute approximate surface area is 107 Å². The lowest BCUT2D eigenvalue weighted by Crippen LogP contribution is -2.17. The van der Waals surface area contributed by atoms with Gasteiger partial charge in [0.25, 0.3) is 0 Å². The van der Waals surface area contributed by atoms with Crippen LogP contribution in [0.25, 0.3) is 0 Å². The minimum atomic E-state index is -0.962. The molecule has 0 bridgehead atoms. The van der Waals surface area contributed by atoms with Crippen LogP contribution >= 0.6 is 0 Å². The lowest BCUT2D eigenvalue weighted by molar-refractivity contribution is -0.132. The molecule has 0 amide bonds. The van der Waals surface area contributed by atoms with Crippen LogP contribution in [-0.4, -0.2) is 30.7 Å². The Balaban J connectivity index is 1.91. The summed E-state index contributed by atoms with van der Waals surface area (Å²) in [6, 6.07) is 8.08. The molecule has 1 aromatic carbocycles. The van der Waals surface area contributed by atoms with Crippen molar-refractivity contribution in [3.05, 3.63) is 36.4 Å². The highest BCUT2D eigenvalue weighted by molar-refractivity contribution is 5.86. The second-order valence-electron chi connectivity index (χ2n) is 4.50. The fourth-order valence-corrected chi connectivity index (χ4v) is 2.05. The van der Waals surface area contributed by atoms with E-state index in [1.165, 1.54) is 18.5 Å². The first-order chi connectivity index (χ1) is 8.66. The van der Waals surface area contributed by atoms with Crippen LogP contribution in [-0.2, 0) is 4.79 Å². The van der Waals surface area contributed by atoms with Gasteiger partial charge in [-0.2, -0.15) is 0 Å². The number of hydrogen-bond donors (Lipinski definition) is 2. The first-order valence-corrected chi connectivity index (χ1v) is 6.17. The van der Waals surface area contributed by atoms with Crippen molar-refractivity contribution in [2.45, 2.75) is 12.8 Å². The molecule has 1 heterocycles. The predicted octanol–water partition coefficient (Wildman–Crippen LogP) is 2.34. The SMILES string of the molecule is C=C(CNc1ccc(N2CCCC2)cc1)C(=O)O. The Morgan fingerprint density at radius 2 is 1.89 bits per heavy atom. The van der Waals surface area contributed by atoms with Crippen LogP contribution in [0.2, 0.25) is 0 Å². The quantitative estimate of drug-likeness (QED) is 0.783. The third kappa shape index (κ3) is 3.03. The zero-order chi connectivity index (χ0) is 13.0. The highest BCUT2D eigenvalue weighted by Gasteiger charge is 2.11. The van der Waals surface area contributed by atoms with Crippen molar-refractivity contribution in [2.24, 2.45) is 0 Å².